The van der Waals surface area contributed by atoms with Crippen molar-refractivity contribution in [1.29, 1.82) is 0 Å². The molecule has 0 aliphatic carbocycles. The number of Topliss-reactive ketones (excluding diaryl/α,β-unsaturated/α-hetero) is 1. The van der Waals surface area contributed by atoms with Crippen molar-refractivity contribution in [3.8, 4) is 5.69 Å². The maximum Gasteiger partial charge on any atom is 0.280 e. The number of ketones is 1. The molecule has 0 fully saturated rings. The minimum Gasteiger partial charge on any atom is -0.365 e. The molecule has 2 aromatic heterocycles. The molecule has 8 heteroatoms. The molecule has 0 aliphatic heterocycles. The van der Waals surface area contributed by atoms with Crippen LogP contribution in [-0.4, -0.2) is 21.5 Å². The van der Waals surface area contributed by atoms with E-state index >= 15 is 0 Å². The molecule has 0 aliphatic rings. The number of thiophene rings is 1. The highest BCUT2D eigenvalue weighted by Gasteiger charge is 2.21. The number of rotatable bonds is 5. The van der Waals surface area contributed by atoms with Gasteiger partial charge in [0, 0.05) is 6.20 Å². The molecule has 1 amide bonds. The van der Waals surface area contributed by atoms with E-state index in [0.717, 1.165) is 11.3 Å². The number of nitrogens with two attached hydrogens (primary N) is 1. The lowest BCUT2D eigenvalue weighted by Crippen LogP contribution is -2.34. The number of aromatic amines is 1. The SMILES string of the molecule is C=c1[nH]n(-c2ccccc2)c(=O)/c1=C\Nc1sc(C(C)=O)c(C)c1C(N)=O. The molecule has 4 N–H and O–H groups in total. The Kier molecular flexibility index (Phi) is 4.83. The number of aromatic nitrogens is 2. The highest BCUT2D eigenvalue weighted by atomic mass is 32.1. The van der Waals surface area contributed by atoms with Crippen molar-refractivity contribution in [2.45, 2.75) is 13.8 Å². The van der Waals surface area contributed by atoms with E-state index in [4.69, 9.17) is 5.73 Å². The molecule has 0 saturated carbocycles. The number of amides is 1. The van der Waals surface area contributed by atoms with Crippen LogP contribution in [0.4, 0.5) is 5.00 Å². The molecule has 3 rings (SSSR count). The molecular weight excluding hydrogens is 364 g/mol. The Bertz CT molecular complexity index is 1200. The van der Waals surface area contributed by atoms with Crippen LogP contribution in [0, 0.1) is 6.92 Å². The minimum atomic E-state index is -0.641. The van der Waals surface area contributed by atoms with Crippen molar-refractivity contribution in [1.82, 2.24) is 9.78 Å². The molecule has 138 valence electrons. The van der Waals surface area contributed by atoms with Gasteiger partial charge < -0.3 is 11.1 Å². The summed E-state index contributed by atoms with van der Waals surface area (Å²) in [5.41, 5.74) is 6.61. The van der Waals surface area contributed by atoms with E-state index in [-0.39, 0.29) is 16.9 Å². The summed E-state index contributed by atoms with van der Waals surface area (Å²) in [4.78, 5) is 36.7. The van der Waals surface area contributed by atoms with E-state index in [1.807, 2.05) is 18.2 Å². The van der Waals surface area contributed by atoms with Gasteiger partial charge in [-0.05, 0) is 31.5 Å². The van der Waals surface area contributed by atoms with Crippen molar-refractivity contribution in [2.75, 3.05) is 5.32 Å². The number of H-pyrrole nitrogens is 1. The third-order valence-electron chi connectivity index (χ3n) is 4.08. The summed E-state index contributed by atoms with van der Waals surface area (Å²) in [7, 11) is 0. The lowest BCUT2D eigenvalue weighted by molar-refractivity contribution is 0.100. The third-order valence-corrected chi connectivity index (χ3v) is 5.40. The maximum atomic E-state index is 12.7. The smallest absolute Gasteiger partial charge is 0.280 e. The fraction of sp³-hybridized carbons (Fsp3) is 0.105. The molecular formula is C19H18N4O3S. The summed E-state index contributed by atoms with van der Waals surface area (Å²) in [5.74, 6) is -0.795. The van der Waals surface area contributed by atoms with Gasteiger partial charge in [-0.3, -0.25) is 19.5 Å². The topological polar surface area (TPSA) is 110 Å². The lowest BCUT2D eigenvalue weighted by atomic mass is 10.1. The van der Waals surface area contributed by atoms with Crippen molar-refractivity contribution in [2.24, 2.45) is 5.73 Å². The van der Waals surface area contributed by atoms with Crippen LogP contribution in [0.15, 0.2) is 35.1 Å². The van der Waals surface area contributed by atoms with Crippen LogP contribution in [0.25, 0.3) is 18.5 Å². The second kappa shape index (κ2) is 7.08. The molecule has 0 bridgehead atoms. The maximum absolute atomic E-state index is 12.7. The number of hydrogen-bond acceptors (Lipinski definition) is 5. The van der Waals surface area contributed by atoms with Crippen molar-refractivity contribution < 1.29 is 9.59 Å². The molecule has 27 heavy (non-hydrogen) atoms. The predicted molar refractivity (Wildman–Crippen MR) is 107 cm³/mol. The fourth-order valence-corrected chi connectivity index (χ4v) is 3.87. The first-order valence-electron chi connectivity index (χ1n) is 8.07. The lowest BCUT2D eigenvalue weighted by Gasteiger charge is -2.00. The van der Waals surface area contributed by atoms with E-state index in [0.29, 0.717) is 31.7 Å². The zero-order chi connectivity index (χ0) is 19.7. The second-order valence-corrected chi connectivity index (χ2v) is 6.97. The molecule has 1 aromatic carbocycles. The molecule has 2 heterocycles. The van der Waals surface area contributed by atoms with Crippen LogP contribution < -0.4 is 27.2 Å². The number of anilines is 1. The molecule has 0 unspecified atom stereocenters. The number of benzene rings is 1. The molecule has 0 spiro atoms. The number of carbonyl (C=O) groups excluding carboxylic acids is 2. The van der Waals surface area contributed by atoms with Crippen molar-refractivity contribution in [3.63, 3.8) is 0 Å². The van der Waals surface area contributed by atoms with Gasteiger partial charge in [0.05, 0.1) is 26.7 Å². The molecule has 0 saturated heterocycles. The Hall–Kier alpha value is -3.39. The summed E-state index contributed by atoms with van der Waals surface area (Å²) in [6.07, 6.45) is 1.46. The zero-order valence-electron chi connectivity index (χ0n) is 14.8. The Balaban J connectivity index is 2.08. The molecule has 0 atom stereocenters. The summed E-state index contributed by atoms with van der Waals surface area (Å²) in [6, 6.07) is 9.09. The van der Waals surface area contributed by atoms with Gasteiger partial charge in [0.15, 0.2) is 5.78 Å². The number of primary amides is 1. The number of nitrogens with zero attached hydrogens (tertiary/aromatic N) is 1. The van der Waals surface area contributed by atoms with E-state index in [1.54, 1.807) is 19.1 Å². The van der Waals surface area contributed by atoms with Crippen LogP contribution >= 0.6 is 11.3 Å². The Morgan fingerprint density at radius 3 is 2.56 bits per heavy atom. The normalized spacial score (nSPS) is 11.6. The van der Waals surface area contributed by atoms with Gasteiger partial charge in [-0.15, -0.1) is 11.3 Å². The third kappa shape index (κ3) is 3.34. The number of nitrogens with one attached hydrogen (secondary N) is 2. The summed E-state index contributed by atoms with van der Waals surface area (Å²) < 4.78 is 1.38. The quantitative estimate of drug-likeness (QED) is 0.574. The first kappa shape index (κ1) is 18.4. The number of hydrogen-bond donors (Lipinski definition) is 3. The average Bonchev–Trinajstić information content (AvgIpc) is 3.10. The highest BCUT2D eigenvalue weighted by Crippen LogP contribution is 2.33. The largest absolute Gasteiger partial charge is 0.365 e. The van der Waals surface area contributed by atoms with E-state index in [2.05, 4.69) is 17.0 Å². The van der Waals surface area contributed by atoms with Crippen molar-refractivity contribution >= 4 is 40.8 Å². The van der Waals surface area contributed by atoms with Crippen LogP contribution in [0.5, 0.6) is 0 Å². The molecule has 0 radical (unpaired) electrons. The molecule has 7 nitrogen and oxygen atoms in total. The number of para-hydroxylation sites is 1. The Morgan fingerprint density at radius 1 is 1.30 bits per heavy atom. The first-order valence-corrected chi connectivity index (χ1v) is 8.89. The summed E-state index contributed by atoms with van der Waals surface area (Å²) >= 11 is 1.12. The van der Waals surface area contributed by atoms with Gasteiger partial charge in [-0.2, -0.15) is 0 Å². The predicted octanol–water partition coefficient (Wildman–Crippen LogP) is 1.10. The highest BCUT2D eigenvalue weighted by molar-refractivity contribution is 7.18. The van der Waals surface area contributed by atoms with Crippen molar-refractivity contribution in [3.05, 3.63) is 67.3 Å². The van der Waals surface area contributed by atoms with E-state index < -0.39 is 5.91 Å². The fourth-order valence-electron chi connectivity index (χ4n) is 2.79. The zero-order valence-corrected chi connectivity index (χ0v) is 15.6. The van der Waals surface area contributed by atoms with Gasteiger partial charge in [-0.25, -0.2) is 4.68 Å². The van der Waals surface area contributed by atoms with Gasteiger partial charge in [0.2, 0.25) is 0 Å². The van der Waals surface area contributed by atoms with Crippen LogP contribution in [-0.2, 0) is 0 Å². The molecule has 3 aromatic rings. The van der Waals surface area contributed by atoms with Crippen LogP contribution in [0.3, 0.4) is 0 Å². The van der Waals surface area contributed by atoms with E-state index in [9.17, 15) is 14.4 Å². The monoisotopic (exact) mass is 382 g/mol. The van der Waals surface area contributed by atoms with Gasteiger partial charge in [0.25, 0.3) is 11.5 Å². The number of carbonyl (C=O) groups is 2. The van der Waals surface area contributed by atoms with Crippen LogP contribution in [0.1, 0.15) is 32.5 Å². The second-order valence-electron chi connectivity index (χ2n) is 5.95. The first-order chi connectivity index (χ1) is 12.8. The standard InChI is InChI=1S/C19H18N4O3S/c1-10-15(17(20)25)18(27-16(10)12(3)24)21-9-14-11(2)22-23(19(14)26)13-7-5-4-6-8-13/h4-9,21-22H,2H2,1,3H3,(H2,20,25)/b14-9-. The Labute approximate surface area is 158 Å². The van der Waals surface area contributed by atoms with Crippen LogP contribution in [0.2, 0.25) is 0 Å². The Morgan fingerprint density at radius 2 is 1.96 bits per heavy atom. The average molecular weight is 382 g/mol. The van der Waals surface area contributed by atoms with Gasteiger partial charge >= 0.3 is 0 Å². The minimum absolute atomic E-state index is 0.154. The summed E-state index contributed by atoms with van der Waals surface area (Å²) in [5, 5.41) is 6.99. The van der Waals surface area contributed by atoms with Gasteiger partial charge in [0.1, 0.15) is 5.00 Å². The van der Waals surface area contributed by atoms with Gasteiger partial charge in [-0.1, -0.05) is 24.8 Å². The van der Waals surface area contributed by atoms with E-state index in [1.165, 1.54) is 17.8 Å². The summed E-state index contributed by atoms with van der Waals surface area (Å²) in [6.45, 7) is 6.96.